The van der Waals surface area contributed by atoms with Gasteiger partial charge in [0.05, 0.1) is 16.9 Å². The van der Waals surface area contributed by atoms with Crippen LogP contribution in [0.5, 0.6) is 0 Å². The predicted molar refractivity (Wildman–Crippen MR) is 62.7 cm³/mol. The molecular weight excluding hydrogens is 184 g/mol. The van der Waals surface area contributed by atoms with Gasteiger partial charge in [0.1, 0.15) is 0 Å². The van der Waals surface area contributed by atoms with Gasteiger partial charge in [-0.25, -0.2) is 4.98 Å². The quantitative estimate of drug-likeness (QED) is 0.581. The Morgan fingerprint density at radius 1 is 1.13 bits per heavy atom. The van der Waals surface area contributed by atoms with E-state index in [1.807, 2.05) is 41.1 Å². The van der Waals surface area contributed by atoms with E-state index in [1.165, 1.54) is 5.39 Å². The molecule has 0 radical (unpaired) electrons. The van der Waals surface area contributed by atoms with Crippen LogP contribution in [-0.2, 0) is 0 Å². The molecule has 15 heavy (non-hydrogen) atoms. The van der Waals surface area contributed by atoms with Crippen molar-refractivity contribution in [3.8, 4) is 11.4 Å². The van der Waals surface area contributed by atoms with Crippen LogP contribution in [0.3, 0.4) is 0 Å². The number of hydrogen-bond acceptors (Lipinski definition) is 1. The fourth-order valence-corrected chi connectivity index (χ4v) is 1.93. The largest absolute Gasteiger partial charge is 0.322 e. The Bertz CT molecular complexity index is 607. The molecule has 2 nitrogen and oxygen atoms in total. The summed E-state index contributed by atoms with van der Waals surface area (Å²) >= 11 is 0. The van der Waals surface area contributed by atoms with Crippen LogP contribution in [0.1, 0.15) is 0 Å². The molecule has 2 aliphatic heterocycles. The Hall–Kier alpha value is -2.09. The van der Waals surface area contributed by atoms with E-state index in [1.54, 1.807) is 6.20 Å². The lowest BCUT2D eigenvalue weighted by atomic mass is 10.2. The Morgan fingerprint density at radius 2 is 2.00 bits per heavy atom. The summed E-state index contributed by atoms with van der Waals surface area (Å²) in [6.07, 6.45) is 3.79. The van der Waals surface area contributed by atoms with Crippen molar-refractivity contribution in [1.82, 2.24) is 9.55 Å². The van der Waals surface area contributed by atoms with Crippen LogP contribution in [0.25, 0.3) is 28.5 Å². The van der Waals surface area contributed by atoms with Gasteiger partial charge in [0.2, 0.25) is 0 Å². The van der Waals surface area contributed by atoms with E-state index < -0.39 is 0 Å². The molecule has 0 atom stereocenters. The first-order valence-electron chi connectivity index (χ1n) is 4.88. The zero-order valence-corrected chi connectivity index (χ0v) is 8.22. The molecule has 3 rings (SSSR count). The molecule has 2 heteroatoms. The Morgan fingerprint density at radius 3 is 2.87 bits per heavy atom. The van der Waals surface area contributed by atoms with Gasteiger partial charge in [0.25, 0.3) is 0 Å². The number of aromatic nitrogens is 2. The van der Waals surface area contributed by atoms with E-state index in [4.69, 9.17) is 0 Å². The normalized spacial score (nSPS) is 10.9. The van der Waals surface area contributed by atoms with Crippen LogP contribution in [0.4, 0.5) is 0 Å². The fraction of sp³-hybridized carbons (Fsp3) is 0. The topological polar surface area (TPSA) is 17.8 Å². The van der Waals surface area contributed by atoms with Crippen LogP contribution in [0.15, 0.2) is 49.2 Å². The first-order valence-corrected chi connectivity index (χ1v) is 4.88. The van der Waals surface area contributed by atoms with Gasteiger partial charge >= 0.3 is 0 Å². The number of pyridine rings is 1. The van der Waals surface area contributed by atoms with Crippen molar-refractivity contribution in [2.45, 2.75) is 0 Å². The maximum atomic E-state index is 4.56. The maximum Gasteiger partial charge on any atom is 0.0884 e. The minimum Gasteiger partial charge on any atom is -0.322 e. The van der Waals surface area contributed by atoms with Gasteiger partial charge < -0.3 is 4.57 Å². The first kappa shape index (κ1) is 8.24. The zero-order chi connectivity index (χ0) is 10.3. The van der Waals surface area contributed by atoms with Gasteiger partial charge in [0, 0.05) is 17.8 Å². The van der Waals surface area contributed by atoms with E-state index in [0.29, 0.717) is 0 Å². The molecule has 0 unspecified atom stereocenters. The number of para-hydroxylation sites is 1. The third-order valence-electron chi connectivity index (χ3n) is 2.60. The van der Waals surface area contributed by atoms with E-state index >= 15 is 0 Å². The van der Waals surface area contributed by atoms with Crippen molar-refractivity contribution in [3.63, 3.8) is 0 Å². The molecule has 0 fully saturated rings. The molecule has 0 saturated heterocycles. The lowest BCUT2D eigenvalue weighted by Gasteiger charge is -2.05. The average Bonchev–Trinajstić information content (AvgIpc) is 2.67. The van der Waals surface area contributed by atoms with Gasteiger partial charge in [-0.15, -0.1) is 0 Å². The molecule has 2 heterocycles. The van der Waals surface area contributed by atoms with Crippen molar-refractivity contribution in [1.29, 1.82) is 0 Å². The van der Waals surface area contributed by atoms with Crippen molar-refractivity contribution in [3.05, 3.63) is 49.2 Å². The second kappa shape index (κ2) is 2.95. The minimum atomic E-state index is 1.01. The van der Waals surface area contributed by atoms with Crippen LogP contribution in [-0.4, -0.2) is 9.55 Å². The summed E-state index contributed by atoms with van der Waals surface area (Å²) in [6.45, 7) is 3.80. The molecular formula is C13H10N2. The summed E-state index contributed by atoms with van der Waals surface area (Å²) in [4.78, 5) is 4.56. The Kier molecular flexibility index (Phi) is 1.62. The first-order chi connectivity index (χ1) is 7.40. The molecule has 0 amide bonds. The number of nitrogens with zero attached hydrogens (tertiary/aromatic N) is 2. The van der Waals surface area contributed by atoms with E-state index in [-0.39, 0.29) is 0 Å². The zero-order valence-electron chi connectivity index (χ0n) is 8.22. The molecule has 0 saturated carbocycles. The maximum absolute atomic E-state index is 4.56. The summed E-state index contributed by atoms with van der Waals surface area (Å²) in [5.74, 6) is 0. The number of rotatable bonds is 1. The summed E-state index contributed by atoms with van der Waals surface area (Å²) in [5.41, 5.74) is 3.18. The highest BCUT2D eigenvalue weighted by Crippen LogP contribution is 2.30. The monoisotopic (exact) mass is 194 g/mol. The smallest absolute Gasteiger partial charge is 0.0884 e. The molecule has 0 bridgehead atoms. The molecule has 0 aromatic heterocycles. The average molecular weight is 194 g/mol. The fourth-order valence-electron chi connectivity index (χ4n) is 1.93. The van der Waals surface area contributed by atoms with Crippen molar-refractivity contribution >= 4 is 17.1 Å². The second-order valence-corrected chi connectivity index (χ2v) is 3.46. The molecule has 0 aliphatic carbocycles. The van der Waals surface area contributed by atoms with Crippen LogP contribution < -0.4 is 0 Å². The molecule has 0 N–H and O–H groups in total. The third kappa shape index (κ3) is 1.08. The van der Waals surface area contributed by atoms with Crippen LogP contribution in [0, 0.1) is 0 Å². The number of benzene rings is 1. The van der Waals surface area contributed by atoms with Gasteiger partial charge in [-0.1, -0.05) is 24.8 Å². The lowest BCUT2D eigenvalue weighted by Crippen LogP contribution is -1.92. The summed E-state index contributed by atoms with van der Waals surface area (Å²) < 4.78 is 2.00. The van der Waals surface area contributed by atoms with Gasteiger partial charge in [-0.2, -0.15) is 0 Å². The highest BCUT2D eigenvalue weighted by atomic mass is 15.0. The van der Waals surface area contributed by atoms with Crippen molar-refractivity contribution < 1.29 is 0 Å². The highest BCUT2D eigenvalue weighted by Gasteiger charge is 2.12. The SMILES string of the molecule is C=Cn1cccc2nc3ccccc3c1-2. The van der Waals surface area contributed by atoms with Crippen molar-refractivity contribution in [2.24, 2.45) is 0 Å². The van der Waals surface area contributed by atoms with E-state index in [2.05, 4.69) is 17.6 Å². The van der Waals surface area contributed by atoms with Crippen LogP contribution >= 0.6 is 0 Å². The second-order valence-electron chi connectivity index (χ2n) is 3.46. The Labute approximate surface area is 87.8 Å². The minimum absolute atomic E-state index is 1.01. The summed E-state index contributed by atoms with van der Waals surface area (Å²) in [5, 5.41) is 1.17. The predicted octanol–water partition coefficient (Wildman–Crippen LogP) is 3.24. The summed E-state index contributed by atoms with van der Waals surface area (Å²) in [6, 6.07) is 12.2. The standard InChI is InChI=1S/C13H10N2/c1-2-15-9-5-8-12-13(15)10-6-3-4-7-11(10)14-12/h2-9H,1H2. The van der Waals surface area contributed by atoms with Gasteiger partial charge in [0.15, 0.2) is 0 Å². The molecule has 72 valence electrons. The Balaban J connectivity index is 2.55. The third-order valence-corrected chi connectivity index (χ3v) is 2.60. The molecule has 1 aromatic carbocycles. The molecule has 1 aromatic rings. The van der Waals surface area contributed by atoms with Gasteiger partial charge in [-0.3, -0.25) is 0 Å². The van der Waals surface area contributed by atoms with Crippen LogP contribution in [0.2, 0.25) is 0 Å². The lowest BCUT2D eigenvalue weighted by molar-refractivity contribution is 1.14. The highest BCUT2D eigenvalue weighted by molar-refractivity contribution is 5.96. The number of hydrogen-bond donors (Lipinski definition) is 0. The number of fused-ring (bicyclic) bond motifs is 3. The van der Waals surface area contributed by atoms with Crippen molar-refractivity contribution in [2.75, 3.05) is 0 Å². The van der Waals surface area contributed by atoms with E-state index in [0.717, 1.165) is 16.9 Å². The molecule has 2 aliphatic rings. The summed E-state index contributed by atoms with van der Waals surface area (Å²) in [7, 11) is 0. The molecule has 0 spiro atoms. The van der Waals surface area contributed by atoms with Gasteiger partial charge in [-0.05, 0) is 18.2 Å². The van der Waals surface area contributed by atoms with E-state index in [9.17, 15) is 0 Å².